The topological polar surface area (TPSA) is 80.7 Å². The van der Waals surface area contributed by atoms with Crippen LogP contribution in [0, 0.1) is 34.5 Å². The third kappa shape index (κ3) is 3.17. The second-order valence-electron chi connectivity index (χ2n) is 11.6. The van der Waals surface area contributed by atoms with Crippen molar-refractivity contribution in [3.8, 4) is 0 Å². The summed E-state index contributed by atoms with van der Waals surface area (Å²) >= 11 is 7.60. The SMILES string of the molecule is CC(=O)[C@@]1(OC(=O)CC(C)O)[C@@H](C)C[C@H]2[C@@H]3C[C@H](C)C4=CC(=O)C=C[C@]4(C)[C@@]3(Cl)CC[C@@]21C. The Morgan fingerprint density at radius 3 is 2.48 bits per heavy atom. The molecule has 0 aromatic rings. The zero-order valence-corrected chi connectivity index (χ0v) is 21.4. The second kappa shape index (κ2) is 7.78. The van der Waals surface area contributed by atoms with Gasteiger partial charge in [0, 0.05) is 16.7 Å². The highest BCUT2D eigenvalue weighted by Crippen LogP contribution is 2.72. The molecule has 4 aliphatic rings. The van der Waals surface area contributed by atoms with E-state index >= 15 is 0 Å². The molecule has 0 bridgehead atoms. The van der Waals surface area contributed by atoms with Gasteiger partial charge < -0.3 is 9.84 Å². The van der Waals surface area contributed by atoms with E-state index in [0.29, 0.717) is 12.8 Å². The first-order chi connectivity index (χ1) is 15.2. The summed E-state index contributed by atoms with van der Waals surface area (Å²) in [5, 5.41) is 9.72. The maximum atomic E-state index is 13.3. The molecule has 5 nitrogen and oxygen atoms in total. The highest BCUT2D eigenvalue weighted by Gasteiger charge is 2.74. The number of aliphatic hydroxyl groups excluding tert-OH is 1. The summed E-state index contributed by atoms with van der Waals surface area (Å²) in [5.74, 6) is -0.363. The molecule has 0 aliphatic heterocycles. The number of ether oxygens (including phenoxy) is 1. The van der Waals surface area contributed by atoms with Crippen molar-refractivity contribution in [3.05, 3.63) is 23.8 Å². The molecule has 0 aromatic heterocycles. The molecular formula is C27H37ClO5. The number of hydrogen-bond donors (Lipinski definition) is 1. The quantitative estimate of drug-likeness (QED) is 0.466. The smallest absolute Gasteiger partial charge is 0.309 e. The summed E-state index contributed by atoms with van der Waals surface area (Å²) in [4.78, 5) is 37.6. The molecule has 3 saturated carbocycles. The van der Waals surface area contributed by atoms with Gasteiger partial charge >= 0.3 is 5.97 Å². The lowest BCUT2D eigenvalue weighted by atomic mass is 9.45. The van der Waals surface area contributed by atoms with Gasteiger partial charge in [-0.1, -0.05) is 39.3 Å². The molecule has 0 saturated heterocycles. The molecule has 0 amide bonds. The number of rotatable bonds is 4. The van der Waals surface area contributed by atoms with Crippen molar-refractivity contribution in [2.45, 2.75) is 90.2 Å². The Morgan fingerprint density at radius 1 is 1.21 bits per heavy atom. The van der Waals surface area contributed by atoms with Crippen LogP contribution in [-0.2, 0) is 19.1 Å². The number of hydrogen-bond acceptors (Lipinski definition) is 5. The summed E-state index contributed by atoms with van der Waals surface area (Å²) in [6, 6.07) is 0. The Labute approximate surface area is 202 Å². The van der Waals surface area contributed by atoms with Gasteiger partial charge in [-0.25, -0.2) is 0 Å². The highest BCUT2D eigenvalue weighted by atomic mass is 35.5. The molecule has 3 fully saturated rings. The van der Waals surface area contributed by atoms with Crippen LogP contribution in [0.1, 0.15) is 73.6 Å². The van der Waals surface area contributed by atoms with Crippen LogP contribution in [0.2, 0.25) is 0 Å². The zero-order valence-electron chi connectivity index (χ0n) is 20.6. The molecule has 0 spiro atoms. The summed E-state index contributed by atoms with van der Waals surface area (Å²) in [6.45, 7) is 11.5. The summed E-state index contributed by atoms with van der Waals surface area (Å²) < 4.78 is 6.08. The molecule has 0 radical (unpaired) electrons. The van der Waals surface area contributed by atoms with E-state index < -0.39 is 33.4 Å². The first-order valence-electron chi connectivity index (χ1n) is 12.3. The molecule has 6 heteroatoms. The van der Waals surface area contributed by atoms with Gasteiger partial charge in [-0.05, 0) is 69.4 Å². The fraction of sp³-hybridized carbons (Fsp3) is 0.741. The zero-order chi connectivity index (χ0) is 24.6. The van der Waals surface area contributed by atoms with E-state index in [4.69, 9.17) is 16.3 Å². The van der Waals surface area contributed by atoms with E-state index in [9.17, 15) is 19.5 Å². The van der Waals surface area contributed by atoms with Crippen molar-refractivity contribution < 1.29 is 24.2 Å². The molecule has 1 N–H and O–H groups in total. The van der Waals surface area contributed by atoms with E-state index in [1.54, 1.807) is 19.1 Å². The lowest BCUT2D eigenvalue weighted by molar-refractivity contribution is -0.194. The van der Waals surface area contributed by atoms with Gasteiger partial charge in [0.25, 0.3) is 0 Å². The fourth-order valence-corrected chi connectivity index (χ4v) is 8.81. The van der Waals surface area contributed by atoms with Crippen LogP contribution in [0.25, 0.3) is 0 Å². The normalized spacial score (nSPS) is 47.2. The van der Waals surface area contributed by atoms with Gasteiger partial charge in [0.15, 0.2) is 17.2 Å². The number of esters is 1. The Balaban J connectivity index is 1.78. The average molecular weight is 477 g/mol. The molecule has 0 aromatic carbocycles. The van der Waals surface area contributed by atoms with Gasteiger partial charge in [0.1, 0.15) is 0 Å². The van der Waals surface area contributed by atoms with Gasteiger partial charge in [-0.3, -0.25) is 14.4 Å². The van der Waals surface area contributed by atoms with Crippen molar-refractivity contribution in [2.24, 2.45) is 34.5 Å². The molecule has 0 heterocycles. The number of Topliss-reactive ketones (excluding diaryl/α,β-unsaturated/α-hetero) is 1. The second-order valence-corrected chi connectivity index (χ2v) is 12.3. The Morgan fingerprint density at radius 2 is 1.88 bits per heavy atom. The van der Waals surface area contributed by atoms with Crippen LogP contribution in [0.3, 0.4) is 0 Å². The highest BCUT2D eigenvalue weighted by molar-refractivity contribution is 6.25. The maximum Gasteiger partial charge on any atom is 0.309 e. The van der Waals surface area contributed by atoms with E-state index in [1.165, 1.54) is 6.92 Å². The summed E-state index contributed by atoms with van der Waals surface area (Å²) in [7, 11) is 0. The summed E-state index contributed by atoms with van der Waals surface area (Å²) in [5.41, 5.74) is -1.08. The Kier molecular flexibility index (Phi) is 5.81. The predicted molar refractivity (Wildman–Crippen MR) is 127 cm³/mol. The van der Waals surface area contributed by atoms with Gasteiger partial charge in [0.05, 0.1) is 17.4 Å². The predicted octanol–water partition coefficient (Wildman–Crippen LogP) is 4.79. The fourth-order valence-electron chi connectivity index (χ4n) is 8.30. The number of ketones is 2. The standard InChI is InChI=1S/C27H37ClO5/c1-15-11-22-21-12-16(2)27(18(4)30,33-23(32)13-17(3)29)25(21,6)9-10-26(22,28)24(5)8-7-19(31)14-20(15)24/h7-8,14-17,21-22,29H,9-13H2,1-6H3/t15-,16-,17?,21-,22-,24-,25-,26+,27-/m0/s1. The monoisotopic (exact) mass is 476 g/mol. The minimum Gasteiger partial charge on any atom is -0.450 e. The van der Waals surface area contributed by atoms with Crippen LogP contribution in [0.5, 0.6) is 0 Å². The van der Waals surface area contributed by atoms with Crippen LogP contribution in [-0.4, -0.2) is 39.2 Å². The minimum absolute atomic E-state index is 0.0174. The maximum absolute atomic E-state index is 13.3. The van der Waals surface area contributed by atoms with Crippen LogP contribution < -0.4 is 0 Å². The Hall–Kier alpha value is -1.46. The molecule has 182 valence electrons. The molecular weight excluding hydrogens is 440 g/mol. The Bertz CT molecular complexity index is 952. The van der Waals surface area contributed by atoms with Crippen molar-refractivity contribution in [1.82, 2.24) is 0 Å². The minimum atomic E-state index is -1.22. The van der Waals surface area contributed by atoms with Crippen molar-refractivity contribution in [2.75, 3.05) is 0 Å². The number of carbonyl (C=O) groups is 3. The third-order valence-corrected chi connectivity index (χ3v) is 10.7. The summed E-state index contributed by atoms with van der Waals surface area (Å²) in [6.07, 6.45) is 7.38. The van der Waals surface area contributed by atoms with Gasteiger partial charge in [-0.15, -0.1) is 11.6 Å². The van der Waals surface area contributed by atoms with E-state index in [-0.39, 0.29) is 41.7 Å². The van der Waals surface area contributed by atoms with Gasteiger partial charge in [-0.2, -0.15) is 0 Å². The van der Waals surface area contributed by atoms with Crippen LogP contribution in [0.4, 0.5) is 0 Å². The lowest BCUT2D eigenvalue weighted by Crippen LogP contribution is -2.65. The van der Waals surface area contributed by atoms with E-state index in [0.717, 1.165) is 18.4 Å². The van der Waals surface area contributed by atoms with E-state index in [1.807, 2.05) is 13.0 Å². The number of aliphatic hydroxyl groups is 1. The molecule has 1 unspecified atom stereocenters. The number of allylic oxidation sites excluding steroid dienone is 4. The molecule has 33 heavy (non-hydrogen) atoms. The molecule has 4 aliphatic carbocycles. The molecule has 4 rings (SSSR count). The number of alkyl halides is 1. The average Bonchev–Trinajstić information content (AvgIpc) is 2.93. The van der Waals surface area contributed by atoms with Crippen molar-refractivity contribution >= 4 is 29.1 Å². The van der Waals surface area contributed by atoms with Crippen LogP contribution >= 0.6 is 11.6 Å². The number of carbonyl (C=O) groups excluding carboxylic acids is 3. The third-order valence-electron chi connectivity index (χ3n) is 9.79. The van der Waals surface area contributed by atoms with E-state index in [2.05, 4.69) is 20.8 Å². The van der Waals surface area contributed by atoms with Crippen molar-refractivity contribution in [3.63, 3.8) is 0 Å². The molecule has 9 atom stereocenters. The first-order valence-corrected chi connectivity index (χ1v) is 12.7. The number of fused-ring (bicyclic) bond motifs is 5. The lowest BCUT2D eigenvalue weighted by Gasteiger charge is -2.63. The number of halogens is 1. The largest absolute Gasteiger partial charge is 0.450 e. The van der Waals surface area contributed by atoms with Crippen LogP contribution in [0.15, 0.2) is 23.8 Å². The first kappa shape index (κ1) is 24.7. The van der Waals surface area contributed by atoms with Gasteiger partial charge in [0.2, 0.25) is 0 Å². The van der Waals surface area contributed by atoms with Crippen molar-refractivity contribution in [1.29, 1.82) is 0 Å².